The number of hydrogen-bond acceptors (Lipinski definition) is 3. The average Bonchev–Trinajstić information content (AvgIpc) is 3.31. The van der Waals surface area contributed by atoms with Gasteiger partial charge in [-0.1, -0.05) is 23.7 Å². The van der Waals surface area contributed by atoms with Crippen LogP contribution in [0.5, 0.6) is 0 Å². The summed E-state index contributed by atoms with van der Waals surface area (Å²) in [6, 6.07) is 15.1. The van der Waals surface area contributed by atoms with Crippen molar-refractivity contribution in [2.75, 3.05) is 0 Å². The Morgan fingerprint density at radius 1 is 1.11 bits per heavy atom. The molecule has 28 heavy (non-hydrogen) atoms. The molecule has 0 N–H and O–H groups in total. The molecule has 2 aromatic carbocycles. The molecule has 0 fully saturated rings. The van der Waals surface area contributed by atoms with Crippen LogP contribution in [0.25, 0.3) is 11.0 Å². The Kier molecular flexibility index (Phi) is 4.92. The van der Waals surface area contributed by atoms with E-state index in [4.69, 9.17) is 20.4 Å². The molecule has 2 heterocycles. The van der Waals surface area contributed by atoms with Crippen LogP contribution in [0.15, 0.2) is 69.7 Å². The lowest BCUT2D eigenvalue weighted by atomic mass is 10.1. The van der Waals surface area contributed by atoms with Crippen molar-refractivity contribution in [1.82, 2.24) is 4.90 Å². The lowest BCUT2D eigenvalue weighted by Crippen LogP contribution is -2.30. The summed E-state index contributed by atoms with van der Waals surface area (Å²) < 4.78 is 24.8. The molecule has 0 aliphatic carbocycles. The Labute approximate surface area is 166 Å². The average molecular weight is 398 g/mol. The Bertz CT molecular complexity index is 1120. The molecular weight excluding hydrogens is 381 g/mol. The van der Waals surface area contributed by atoms with E-state index < -0.39 is 0 Å². The van der Waals surface area contributed by atoms with E-state index in [-0.39, 0.29) is 24.0 Å². The molecule has 0 unspecified atom stereocenters. The maximum Gasteiger partial charge on any atom is 0.290 e. The molecular formula is C22H17ClFNO3. The third-order valence-corrected chi connectivity index (χ3v) is 4.85. The highest BCUT2D eigenvalue weighted by Gasteiger charge is 2.24. The maximum atomic E-state index is 13.6. The summed E-state index contributed by atoms with van der Waals surface area (Å²) in [6.45, 7) is 2.38. The van der Waals surface area contributed by atoms with Gasteiger partial charge in [0, 0.05) is 22.5 Å². The van der Waals surface area contributed by atoms with Gasteiger partial charge in [0.15, 0.2) is 5.76 Å². The minimum atomic E-state index is -0.371. The summed E-state index contributed by atoms with van der Waals surface area (Å²) in [7, 11) is 0. The fourth-order valence-electron chi connectivity index (χ4n) is 3.14. The van der Waals surface area contributed by atoms with E-state index in [1.165, 1.54) is 18.2 Å². The smallest absolute Gasteiger partial charge is 0.290 e. The number of hydrogen-bond donors (Lipinski definition) is 0. The highest BCUT2D eigenvalue weighted by molar-refractivity contribution is 6.30. The summed E-state index contributed by atoms with van der Waals surface area (Å²) >= 11 is 5.96. The summed E-state index contributed by atoms with van der Waals surface area (Å²) in [5, 5.41) is 1.22. The van der Waals surface area contributed by atoms with Crippen molar-refractivity contribution in [3.63, 3.8) is 0 Å². The van der Waals surface area contributed by atoms with Crippen LogP contribution in [-0.4, -0.2) is 10.8 Å². The molecule has 0 aliphatic rings. The predicted octanol–water partition coefficient (Wildman–Crippen LogP) is 5.97. The summed E-state index contributed by atoms with van der Waals surface area (Å²) in [5.41, 5.74) is 2.01. The fraction of sp³-hybridized carbons (Fsp3) is 0.136. The Hall–Kier alpha value is -3.05. The van der Waals surface area contributed by atoms with Crippen LogP contribution in [0.4, 0.5) is 4.39 Å². The predicted molar refractivity (Wildman–Crippen MR) is 105 cm³/mol. The van der Waals surface area contributed by atoms with E-state index in [9.17, 15) is 9.18 Å². The third kappa shape index (κ3) is 3.66. The van der Waals surface area contributed by atoms with Crippen LogP contribution in [0.2, 0.25) is 5.02 Å². The first-order chi connectivity index (χ1) is 13.5. The van der Waals surface area contributed by atoms with Gasteiger partial charge in [-0.25, -0.2) is 4.39 Å². The summed E-state index contributed by atoms with van der Waals surface area (Å²) in [6.07, 6.45) is 1.56. The van der Waals surface area contributed by atoms with Gasteiger partial charge in [0.25, 0.3) is 5.91 Å². The zero-order valence-corrected chi connectivity index (χ0v) is 15.9. The molecule has 1 amide bonds. The van der Waals surface area contributed by atoms with E-state index in [1.807, 2.05) is 18.2 Å². The van der Waals surface area contributed by atoms with Crippen molar-refractivity contribution in [2.24, 2.45) is 0 Å². The first kappa shape index (κ1) is 18.3. The van der Waals surface area contributed by atoms with Crippen LogP contribution >= 0.6 is 11.6 Å². The Balaban J connectivity index is 1.69. The lowest BCUT2D eigenvalue weighted by molar-refractivity contribution is 0.0686. The largest absolute Gasteiger partial charge is 0.467 e. The second-order valence-corrected chi connectivity index (χ2v) is 7.00. The molecule has 0 spiro atoms. The molecule has 0 atom stereocenters. The SMILES string of the molecule is Cc1c(C(=O)N(Cc2ccc(Cl)cc2)Cc2ccco2)oc2ccc(F)cc12. The molecule has 2 aromatic heterocycles. The highest BCUT2D eigenvalue weighted by Crippen LogP contribution is 2.28. The van der Waals surface area contributed by atoms with Crippen molar-refractivity contribution in [3.05, 3.63) is 94.3 Å². The molecule has 0 bridgehead atoms. The van der Waals surface area contributed by atoms with E-state index in [0.717, 1.165) is 5.56 Å². The van der Waals surface area contributed by atoms with Crippen molar-refractivity contribution in [1.29, 1.82) is 0 Å². The topological polar surface area (TPSA) is 46.6 Å². The van der Waals surface area contributed by atoms with Crippen molar-refractivity contribution in [2.45, 2.75) is 20.0 Å². The third-order valence-electron chi connectivity index (χ3n) is 4.59. The molecule has 0 aliphatic heterocycles. The van der Waals surface area contributed by atoms with E-state index in [2.05, 4.69) is 0 Å². The van der Waals surface area contributed by atoms with Gasteiger partial charge in [0.05, 0.1) is 12.8 Å². The Morgan fingerprint density at radius 2 is 1.89 bits per heavy atom. The molecule has 0 saturated carbocycles. The number of fused-ring (bicyclic) bond motifs is 1. The second-order valence-electron chi connectivity index (χ2n) is 6.56. The minimum absolute atomic E-state index is 0.195. The molecule has 0 radical (unpaired) electrons. The molecule has 0 saturated heterocycles. The van der Waals surface area contributed by atoms with E-state index in [0.29, 0.717) is 33.9 Å². The first-order valence-corrected chi connectivity index (χ1v) is 9.14. The number of nitrogens with zero attached hydrogens (tertiary/aromatic N) is 1. The zero-order chi connectivity index (χ0) is 19.7. The van der Waals surface area contributed by atoms with Gasteiger partial charge >= 0.3 is 0 Å². The minimum Gasteiger partial charge on any atom is -0.467 e. The quantitative estimate of drug-likeness (QED) is 0.417. The number of carbonyl (C=O) groups is 1. The van der Waals surface area contributed by atoms with Gasteiger partial charge in [-0.3, -0.25) is 4.79 Å². The molecule has 4 rings (SSSR count). The normalized spacial score (nSPS) is 11.1. The zero-order valence-electron chi connectivity index (χ0n) is 15.1. The number of halogens is 2. The van der Waals surface area contributed by atoms with Gasteiger partial charge < -0.3 is 13.7 Å². The van der Waals surface area contributed by atoms with Crippen molar-refractivity contribution in [3.8, 4) is 0 Å². The second kappa shape index (κ2) is 7.52. The lowest BCUT2D eigenvalue weighted by Gasteiger charge is -2.21. The summed E-state index contributed by atoms with van der Waals surface area (Å²) in [5.74, 6) is 0.188. The monoisotopic (exact) mass is 397 g/mol. The number of carbonyl (C=O) groups excluding carboxylic acids is 1. The van der Waals surface area contributed by atoms with E-state index in [1.54, 1.807) is 36.3 Å². The van der Waals surface area contributed by atoms with E-state index >= 15 is 0 Å². The number of benzene rings is 2. The maximum absolute atomic E-state index is 13.6. The van der Waals surface area contributed by atoms with Crippen LogP contribution in [0.1, 0.15) is 27.4 Å². The van der Waals surface area contributed by atoms with Crippen LogP contribution in [-0.2, 0) is 13.1 Å². The first-order valence-electron chi connectivity index (χ1n) is 8.76. The van der Waals surface area contributed by atoms with Crippen molar-refractivity contribution >= 4 is 28.5 Å². The van der Waals surface area contributed by atoms with Gasteiger partial charge in [-0.05, 0) is 55.0 Å². The molecule has 4 aromatic rings. The van der Waals surface area contributed by atoms with Crippen molar-refractivity contribution < 1.29 is 18.0 Å². The molecule has 142 valence electrons. The fourth-order valence-corrected chi connectivity index (χ4v) is 3.27. The van der Waals surface area contributed by atoms with Gasteiger partial charge in [-0.2, -0.15) is 0 Å². The van der Waals surface area contributed by atoms with Gasteiger partial charge in [-0.15, -0.1) is 0 Å². The Morgan fingerprint density at radius 3 is 2.61 bits per heavy atom. The molecule has 4 nitrogen and oxygen atoms in total. The van der Waals surface area contributed by atoms with Gasteiger partial charge in [0.1, 0.15) is 17.2 Å². The van der Waals surface area contributed by atoms with Gasteiger partial charge in [0.2, 0.25) is 0 Å². The number of rotatable bonds is 5. The summed E-state index contributed by atoms with van der Waals surface area (Å²) in [4.78, 5) is 14.9. The highest BCUT2D eigenvalue weighted by atomic mass is 35.5. The number of furan rings is 2. The van der Waals surface area contributed by atoms with Crippen LogP contribution < -0.4 is 0 Å². The van der Waals surface area contributed by atoms with Crippen LogP contribution in [0, 0.1) is 12.7 Å². The number of aryl methyl sites for hydroxylation is 1. The van der Waals surface area contributed by atoms with Crippen LogP contribution in [0.3, 0.4) is 0 Å². The standard InChI is InChI=1S/C22H17ClFNO3/c1-14-19-11-17(24)8-9-20(19)28-21(14)22(26)25(13-18-3-2-10-27-18)12-15-4-6-16(23)7-5-15/h2-11H,12-13H2,1H3. The number of amides is 1. The molecule has 6 heteroatoms.